The van der Waals surface area contributed by atoms with Gasteiger partial charge in [-0.15, -0.1) is 0 Å². The first-order valence-corrected chi connectivity index (χ1v) is 5.66. The van der Waals surface area contributed by atoms with Gasteiger partial charge in [0.1, 0.15) is 10.7 Å². The van der Waals surface area contributed by atoms with Gasteiger partial charge in [-0.1, -0.05) is 11.6 Å². The quantitative estimate of drug-likeness (QED) is 0.476. The van der Waals surface area contributed by atoms with Crippen LogP contribution in [0.1, 0.15) is 22.8 Å². The molecular weight excluding hydrogens is 258 g/mol. The molecule has 0 aliphatic heterocycles. The minimum absolute atomic E-state index is 0.0329. The predicted molar refractivity (Wildman–Crippen MR) is 68.7 cm³/mol. The Balaban J connectivity index is 3.39. The highest BCUT2D eigenvalue weighted by Gasteiger charge is 2.18. The van der Waals surface area contributed by atoms with Crippen LogP contribution < -0.4 is 5.56 Å². The van der Waals surface area contributed by atoms with Crippen LogP contribution in [-0.2, 0) is 16.5 Å². The summed E-state index contributed by atoms with van der Waals surface area (Å²) in [5.74, 6) is -0.605. The molecule has 98 valence electrons. The average molecular weight is 272 g/mol. The summed E-state index contributed by atoms with van der Waals surface area (Å²) in [5.41, 5.74) is 0.185. The number of pyridine rings is 1. The maximum atomic E-state index is 11.7. The zero-order chi connectivity index (χ0) is 13.7. The molecule has 0 saturated carbocycles. The molecule has 1 rings (SSSR count). The molecule has 0 fully saturated rings. The van der Waals surface area contributed by atoms with E-state index in [4.69, 9.17) is 16.3 Å². The predicted octanol–water partition coefficient (Wildman–Crippen LogP) is 1.83. The minimum atomic E-state index is -0.605. The van der Waals surface area contributed by atoms with Gasteiger partial charge in [-0.05, 0) is 13.0 Å². The van der Waals surface area contributed by atoms with Crippen molar-refractivity contribution in [3.05, 3.63) is 39.0 Å². The van der Waals surface area contributed by atoms with Gasteiger partial charge in [0.05, 0.1) is 20.0 Å². The van der Waals surface area contributed by atoms with E-state index in [9.17, 15) is 9.59 Å². The van der Waals surface area contributed by atoms with E-state index < -0.39 is 5.97 Å². The molecule has 0 N–H and O–H groups in total. The van der Waals surface area contributed by atoms with Crippen molar-refractivity contribution in [3.8, 4) is 0 Å². The van der Waals surface area contributed by atoms with Crippen LogP contribution in [0.25, 0.3) is 6.08 Å². The fourth-order valence-electron chi connectivity index (χ4n) is 1.34. The number of ether oxygens (including phenoxy) is 2. The summed E-state index contributed by atoms with van der Waals surface area (Å²) in [4.78, 5) is 23.3. The summed E-state index contributed by atoms with van der Waals surface area (Å²) in [6.45, 7) is 2.31. The van der Waals surface area contributed by atoms with E-state index in [1.165, 1.54) is 37.1 Å². The molecule has 0 aliphatic carbocycles. The SMILES string of the molecule is CCO/C=C/c1cc(=O)n(C)c(Cl)c1C(=O)OC. The first-order chi connectivity index (χ1) is 8.52. The maximum absolute atomic E-state index is 11.7. The van der Waals surface area contributed by atoms with Gasteiger partial charge in [-0.3, -0.25) is 4.79 Å². The summed E-state index contributed by atoms with van der Waals surface area (Å²) in [7, 11) is 2.73. The summed E-state index contributed by atoms with van der Waals surface area (Å²) in [6.07, 6.45) is 2.90. The zero-order valence-corrected chi connectivity index (χ0v) is 11.2. The zero-order valence-electron chi connectivity index (χ0n) is 10.4. The van der Waals surface area contributed by atoms with Crippen LogP contribution in [-0.4, -0.2) is 24.3 Å². The molecule has 0 aromatic carbocycles. The van der Waals surface area contributed by atoms with Crippen molar-refractivity contribution in [1.29, 1.82) is 0 Å². The summed E-state index contributed by atoms with van der Waals surface area (Å²) in [6, 6.07) is 1.30. The fraction of sp³-hybridized carbons (Fsp3) is 0.333. The molecule has 1 aromatic heterocycles. The second kappa shape index (κ2) is 6.26. The van der Waals surface area contributed by atoms with Crippen LogP contribution in [0.5, 0.6) is 0 Å². The lowest BCUT2D eigenvalue weighted by Gasteiger charge is -2.09. The van der Waals surface area contributed by atoms with E-state index in [1.54, 1.807) is 0 Å². The van der Waals surface area contributed by atoms with Gasteiger partial charge in [0.2, 0.25) is 0 Å². The Kier molecular flexibility index (Phi) is 4.97. The number of methoxy groups -OCH3 is 1. The molecule has 1 aromatic rings. The van der Waals surface area contributed by atoms with Crippen molar-refractivity contribution in [2.24, 2.45) is 7.05 Å². The van der Waals surface area contributed by atoms with E-state index in [0.717, 1.165) is 0 Å². The van der Waals surface area contributed by atoms with Crippen LogP contribution in [0.2, 0.25) is 5.15 Å². The Labute approximate surface area is 110 Å². The lowest BCUT2D eigenvalue weighted by atomic mass is 10.1. The van der Waals surface area contributed by atoms with Crippen LogP contribution in [0.15, 0.2) is 17.1 Å². The molecule has 18 heavy (non-hydrogen) atoms. The number of halogens is 1. The topological polar surface area (TPSA) is 57.5 Å². The molecule has 0 bridgehead atoms. The van der Waals surface area contributed by atoms with Crippen molar-refractivity contribution in [3.63, 3.8) is 0 Å². The van der Waals surface area contributed by atoms with Gasteiger partial charge in [-0.25, -0.2) is 4.79 Å². The molecule has 0 aliphatic rings. The van der Waals surface area contributed by atoms with Gasteiger partial charge < -0.3 is 14.0 Å². The molecule has 0 atom stereocenters. The van der Waals surface area contributed by atoms with Crippen LogP contribution in [0.4, 0.5) is 0 Å². The monoisotopic (exact) mass is 271 g/mol. The number of carbonyl (C=O) groups is 1. The number of aromatic nitrogens is 1. The number of hydrogen-bond acceptors (Lipinski definition) is 4. The van der Waals surface area contributed by atoms with Crippen LogP contribution >= 0.6 is 11.6 Å². The molecule has 1 heterocycles. The van der Waals surface area contributed by atoms with Gasteiger partial charge >= 0.3 is 5.97 Å². The lowest BCUT2D eigenvalue weighted by molar-refractivity contribution is 0.0599. The standard InChI is InChI=1S/C12H14ClNO4/c1-4-18-6-5-8-7-9(15)14(2)11(13)10(8)12(16)17-3/h5-7H,4H2,1-3H3/b6-5+. The fourth-order valence-corrected chi connectivity index (χ4v) is 1.61. The van der Waals surface area contributed by atoms with Crippen molar-refractivity contribution >= 4 is 23.6 Å². The van der Waals surface area contributed by atoms with E-state index in [-0.39, 0.29) is 16.3 Å². The highest BCUT2D eigenvalue weighted by molar-refractivity contribution is 6.33. The average Bonchev–Trinajstić information content (AvgIpc) is 2.36. The second-order valence-electron chi connectivity index (χ2n) is 3.41. The van der Waals surface area contributed by atoms with Gasteiger partial charge in [-0.2, -0.15) is 0 Å². The number of hydrogen-bond donors (Lipinski definition) is 0. The third-order valence-electron chi connectivity index (χ3n) is 2.30. The smallest absolute Gasteiger partial charge is 0.341 e. The first kappa shape index (κ1) is 14.3. The summed E-state index contributed by atoms with van der Waals surface area (Å²) >= 11 is 5.98. The van der Waals surface area contributed by atoms with Gasteiger partial charge in [0, 0.05) is 18.7 Å². The van der Waals surface area contributed by atoms with E-state index >= 15 is 0 Å². The molecule has 0 radical (unpaired) electrons. The Morgan fingerprint density at radius 2 is 2.22 bits per heavy atom. The van der Waals surface area contributed by atoms with Crippen molar-refractivity contribution in [2.45, 2.75) is 6.92 Å². The van der Waals surface area contributed by atoms with Crippen molar-refractivity contribution in [2.75, 3.05) is 13.7 Å². The van der Waals surface area contributed by atoms with Gasteiger partial charge in [0.25, 0.3) is 5.56 Å². The molecule has 0 amide bonds. The Morgan fingerprint density at radius 1 is 1.56 bits per heavy atom. The third kappa shape index (κ3) is 2.92. The molecule has 6 heteroatoms. The Bertz CT molecular complexity index is 534. The molecular formula is C12H14ClNO4. The largest absolute Gasteiger partial charge is 0.501 e. The first-order valence-electron chi connectivity index (χ1n) is 5.28. The number of rotatable bonds is 4. The number of esters is 1. The Hall–Kier alpha value is -1.75. The van der Waals surface area contributed by atoms with Crippen LogP contribution in [0, 0.1) is 0 Å². The van der Waals surface area contributed by atoms with Crippen molar-refractivity contribution < 1.29 is 14.3 Å². The van der Waals surface area contributed by atoms with E-state index in [1.807, 2.05) is 6.92 Å². The maximum Gasteiger partial charge on any atom is 0.341 e. The number of carbonyl (C=O) groups excluding carboxylic acids is 1. The third-order valence-corrected chi connectivity index (χ3v) is 2.74. The number of nitrogens with zero attached hydrogens (tertiary/aromatic N) is 1. The summed E-state index contributed by atoms with van der Waals surface area (Å²) in [5, 5.41) is 0.0329. The summed E-state index contributed by atoms with van der Waals surface area (Å²) < 4.78 is 10.8. The Morgan fingerprint density at radius 3 is 2.78 bits per heavy atom. The normalized spacial score (nSPS) is 10.7. The van der Waals surface area contributed by atoms with Crippen molar-refractivity contribution in [1.82, 2.24) is 4.57 Å². The lowest BCUT2D eigenvalue weighted by Crippen LogP contribution is -2.21. The molecule has 0 spiro atoms. The second-order valence-corrected chi connectivity index (χ2v) is 3.77. The van der Waals surface area contributed by atoms with E-state index in [2.05, 4.69) is 4.74 Å². The molecule has 0 unspecified atom stereocenters. The molecule has 0 saturated heterocycles. The molecule has 5 nitrogen and oxygen atoms in total. The minimum Gasteiger partial charge on any atom is -0.501 e. The highest BCUT2D eigenvalue weighted by Crippen LogP contribution is 2.19. The highest BCUT2D eigenvalue weighted by atomic mass is 35.5. The van der Waals surface area contributed by atoms with Crippen LogP contribution in [0.3, 0.4) is 0 Å². The van der Waals surface area contributed by atoms with E-state index in [0.29, 0.717) is 12.2 Å². The van der Waals surface area contributed by atoms with Gasteiger partial charge in [0.15, 0.2) is 0 Å².